The highest BCUT2D eigenvalue weighted by atomic mass is 32.2. The Morgan fingerprint density at radius 2 is 2.67 bits per heavy atom. The Hall–Kier alpha value is 0.00494. The molecule has 0 bridgehead atoms. The lowest BCUT2D eigenvalue weighted by Gasteiger charge is -2.17. The summed E-state index contributed by atoms with van der Waals surface area (Å²) in [6, 6.07) is 0. The fraction of sp³-hybridized carbons (Fsp3) is 0.750. The molecule has 9 heavy (non-hydrogen) atoms. The van der Waals surface area contributed by atoms with Crippen LogP contribution in [0.2, 0.25) is 0 Å². The maximum absolute atomic E-state index is 10.6. The number of Topliss-reactive ketones (excluding diaryl/α,β-unsaturated/α-hetero) is 1. The average Bonchev–Trinajstić information content (AvgIpc) is 1.90. The fourth-order valence-corrected chi connectivity index (χ4v) is 1.09. The summed E-state index contributed by atoms with van der Waals surface area (Å²) in [6.45, 7) is 1.50. The number of hydrogen-bond donors (Lipinski definition) is 0. The number of carbonyl (C=O) groups is 1. The van der Waals surface area contributed by atoms with Crippen LogP contribution in [0.5, 0.6) is 0 Å². The maximum Gasteiger partial charge on any atom is 0.500 e. The van der Waals surface area contributed by atoms with Gasteiger partial charge in [0, 0.05) is 0 Å². The summed E-state index contributed by atoms with van der Waals surface area (Å²) < 4.78 is 9.49. The first-order valence-electron chi connectivity index (χ1n) is 2.56. The molecule has 0 spiro atoms. The molecule has 3 nitrogen and oxygen atoms in total. The Labute approximate surface area is 58.6 Å². The molecule has 0 N–H and O–H groups in total. The van der Waals surface area contributed by atoms with E-state index in [4.69, 9.17) is 4.65 Å². The smallest absolute Gasteiger partial charge is 0.402 e. The summed E-state index contributed by atoms with van der Waals surface area (Å²) in [5.74, 6) is 0.633. The van der Waals surface area contributed by atoms with E-state index in [0.717, 1.165) is 0 Å². The number of carbonyl (C=O) groups excluding carboxylic acids is 1. The van der Waals surface area contributed by atoms with E-state index in [1.165, 1.54) is 26.7 Å². The minimum absolute atomic E-state index is 0.0436. The van der Waals surface area contributed by atoms with E-state index in [2.05, 4.69) is 4.10 Å². The number of ketones is 1. The molecule has 1 rings (SSSR count). The molecule has 1 aliphatic rings. The van der Waals surface area contributed by atoms with E-state index >= 15 is 0 Å². The van der Waals surface area contributed by atoms with E-state index in [9.17, 15) is 4.79 Å². The van der Waals surface area contributed by atoms with E-state index < -0.39 is 0 Å². The van der Waals surface area contributed by atoms with Crippen LogP contribution in [-0.4, -0.2) is 25.3 Å². The first-order valence-corrected chi connectivity index (χ1v) is 3.47. The summed E-state index contributed by atoms with van der Waals surface area (Å²) in [4.78, 5) is 10.6. The van der Waals surface area contributed by atoms with E-state index in [0.29, 0.717) is 5.75 Å². The van der Waals surface area contributed by atoms with Gasteiger partial charge in [0.05, 0.1) is 5.75 Å². The lowest BCUT2D eigenvalue weighted by atomic mass is 10.2. The zero-order chi connectivity index (χ0) is 6.69. The molecule has 1 aliphatic heterocycles. The Morgan fingerprint density at radius 3 is 3.00 bits per heavy atom. The van der Waals surface area contributed by atoms with Crippen LogP contribution in [0, 0.1) is 0 Å². The molecule has 1 unspecified atom stereocenters. The van der Waals surface area contributed by atoms with E-state index in [1.54, 1.807) is 0 Å². The van der Waals surface area contributed by atoms with Gasteiger partial charge in [0.2, 0.25) is 0 Å². The van der Waals surface area contributed by atoms with Crippen LogP contribution in [0.15, 0.2) is 0 Å². The van der Waals surface area contributed by atoms with Gasteiger partial charge in [0.15, 0.2) is 5.78 Å². The molecule has 1 atom stereocenters. The quantitative estimate of drug-likeness (QED) is 0.389. The van der Waals surface area contributed by atoms with E-state index in [1.807, 2.05) is 0 Å². The van der Waals surface area contributed by atoms with Crippen LogP contribution >= 0.6 is 12.0 Å². The molecule has 0 aromatic carbocycles. The molecule has 0 saturated carbocycles. The van der Waals surface area contributed by atoms with Crippen molar-refractivity contribution in [3.63, 3.8) is 0 Å². The standard InChI is InChI=1S/C4H6BO3S/c1-3(6)4-2-9-8-5-7-4/h4H,2H2,1H3. The third-order valence-electron chi connectivity index (χ3n) is 1.000. The van der Waals surface area contributed by atoms with Crippen molar-refractivity contribution in [2.24, 2.45) is 0 Å². The van der Waals surface area contributed by atoms with Gasteiger partial charge in [0.25, 0.3) is 0 Å². The van der Waals surface area contributed by atoms with Crippen molar-refractivity contribution in [2.45, 2.75) is 13.0 Å². The highest BCUT2D eigenvalue weighted by Gasteiger charge is 2.20. The van der Waals surface area contributed by atoms with Crippen molar-refractivity contribution in [1.82, 2.24) is 0 Å². The van der Waals surface area contributed by atoms with Crippen LogP contribution in [-0.2, 0) is 13.5 Å². The SMILES string of the molecule is CC(=O)C1CSO[B]O1. The van der Waals surface area contributed by atoms with Crippen LogP contribution in [0.3, 0.4) is 0 Å². The molecule has 5 heteroatoms. The molecule has 0 aliphatic carbocycles. The predicted molar refractivity (Wildman–Crippen MR) is 34.9 cm³/mol. The van der Waals surface area contributed by atoms with Crippen molar-refractivity contribution in [2.75, 3.05) is 5.75 Å². The van der Waals surface area contributed by atoms with Gasteiger partial charge < -0.3 is 8.75 Å². The van der Waals surface area contributed by atoms with Crippen LogP contribution in [0.4, 0.5) is 0 Å². The van der Waals surface area contributed by atoms with Gasteiger partial charge in [-0.15, -0.1) is 0 Å². The third-order valence-corrected chi connectivity index (χ3v) is 1.65. The second-order valence-corrected chi connectivity index (χ2v) is 2.47. The summed E-state index contributed by atoms with van der Waals surface area (Å²) in [6.07, 6.45) is -0.302. The first-order chi connectivity index (χ1) is 4.30. The fourth-order valence-electron chi connectivity index (χ4n) is 0.471. The lowest BCUT2D eigenvalue weighted by molar-refractivity contribution is -0.123. The summed E-state index contributed by atoms with van der Waals surface area (Å²) in [5, 5.41) is 0. The Kier molecular flexibility index (Phi) is 2.56. The van der Waals surface area contributed by atoms with Crippen molar-refractivity contribution in [3.05, 3.63) is 0 Å². The molecule has 1 radical (unpaired) electrons. The maximum atomic E-state index is 10.6. The highest BCUT2D eigenvalue weighted by Crippen LogP contribution is 2.12. The zero-order valence-corrected chi connectivity index (χ0v) is 5.81. The Balaban J connectivity index is 2.31. The van der Waals surface area contributed by atoms with Gasteiger partial charge in [0.1, 0.15) is 6.10 Å². The monoisotopic (exact) mass is 145 g/mol. The number of rotatable bonds is 1. The Morgan fingerprint density at radius 1 is 1.89 bits per heavy atom. The number of hydrogen-bond acceptors (Lipinski definition) is 4. The normalized spacial score (nSPS) is 27.0. The second-order valence-electron chi connectivity index (χ2n) is 1.71. The Bertz CT molecular complexity index is 112. The molecule has 0 aromatic heterocycles. The highest BCUT2D eigenvalue weighted by molar-refractivity contribution is 7.95. The minimum Gasteiger partial charge on any atom is -0.402 e. The van der Waals surface area contributed by atoms with Crippen LogP contribution in [0.1, 0.15) is 6.92 Å². The van der Waals surface area contributed by atoms with Gasteiger partial charge in [-0.05, 0) is 19.0 Å². The molecule has 1 saturated heterocycles. The topological polar surface area (TPSA) is 35.5 Å². The molecule has 49 valence electrons. The molecular formula is C4H6BO3S. The van der Waals surface area contributed by atoms with Gasteiger partial charge in [-0.2, -0.15) is 0 Å². The molecular weight excluding hydrogens is 139 g/mol. The molecule has 0 amide bonds. The van der Waals surface area contributed by atoms with Gasteiger partial charge in [-0.1, -0.05) is 0 Å². The second kappa shape index (κ2) is 3.24. The summed E-state index contributed by atoms with van der Waals surface area (Å²) in [5.41, 5.74) is 0. The zero-order valence-electron chi connectivity index (χ0n) is 4.99. The molecule has 1 fully saturated rings. The van der Waals surface area contributed by atoms with Crippen molar-refractivity contribution < 1.29 is 13.5 Å². The van der Waals surface area contributed by atoms with E-state index in [-0.39, 0.29) is 11.9 Å². The first kappa shape index (κ1) is 7.12. The molecule has 0 aromatic rings. The van der Waals surface area contributed by atoms with Crippen molar-refractivity contribution in [1.29, 1.82) is 0 Å². The third kappa shape index (κ3) is 2.00. The van der Waals surface area contributed by atoms with Crippen molar-refractivity contribution >= 4 is 25.5 Å². The average molecular weight is 145 g/mol. The van der Waals surface area contributed by atoms with Crippen molar-refractivity contribution in [3.8, 4) is 0 Å². The van der Waals surface area contributed by atoms with Crippen LogP contribution in [0.25, 0.3) is 0 Å². The van der Waals surface area contributed by atoms with Gasteiger partial charge >= 0.3 is 7.69 Å². The van der Waals surface area contributed by atoms with Gasteiger partial charge in [-0.3, -0.25) is 4.79 Å². The predicted octanol–water partition coefficient (Wildman–Crippen LogP) is 0.173. The largest absolute Gasteiger partial charge is 0.500 e. The lowest BCUT2D eigenvalue weighted by Crippen LogP contribution is -2.30. The summed E-state index contributed by atoms with van der Waals surface area (Å²) in [7, 11) is 1.19. The minimum atomic E-state index is -0.302. The molecule has 1 heterocycles. The van der Waals surface area contributed by atoms with Crippen LogP contribution < -0.4 is 0 Å². The van der Waals surface area contributed by atoms with Gasteiger partial charge in [-0.25, -0.2) is 0 Å². The summed E-state index contributed by atoms with van der Waals surface area (Å²) >= 11 is 1.23.